The van der Waals surface area contributed by atoms with E-state index in [1.54, 1.807) is 24.1 Å². The lowest BCUT2D eigenvalue weighted by molar-refractivity contribution is -0.121. The molecule has 2 heterocycles. The number of hydrogen-bond acceptors (Lipinski definition) is 5. The lowest BCUT2D eigenvalue weighted by Crippen LogP contribution is -2.41. The highest BCUT2D eigenvalue weighted by Gasteiger charge is 2.28. The fourth-order valence-electron chi connectivity index (χ4n) is 3.07. The van der Waals surface area contributed by atoms with Gasteiger partial charge in [0.2, 0.25) is 5.91 Å². The molecule has 1 N–H and O–H groups in total. The zero-order chi connectivity index (χ0) is 20.1. The molecule has 0 unspecified atom stereocenters. The summed E-state index contributed by atoms with van der Waals surface area (Å²) in [4.78, 5) is 31.2. The van der Waals surface area contributed by atoms with E-state index in [-0.39, 0.29) is 17.9 Å². The molecular weight excluding hydrogens is 421 g/mol. The Labute approximate surface area is 177 Å². The molecule has 1 saturated heterocycles. The van der Waals surface area contributed by atoms with E-state index >= 15 is 0 Å². The van der Waals surface area contributed by atoms with E-state index in [1.165, 1.54) is 11.3 Å². The van der Waals surface area contributed by atoms with Gasteiger partial charge in [0.25, 0.3) is 0 Å². The molecule has 3 rings (SSSR count). The van der Waals surface area contributed by atoms with Crippen molar-refractivity contribution in [3.05, 3.63) is 44.9 Å². The van der Waals surface area contributed by atoms with Gasteiger partial charge in [-0.1, -0.05) is 35.3 Å². The second kappa shape index (κ2) is 9.58. The molecule has 0 saturated carbocycles. The first-order chi connectivity index (χ1) is 13.5. The Balaban J connectivity index is 1.53. The Kier molecular flexibility index (Phi) is 7.15. The first-order valence-corrected chi connectivity index (χ1v) is 10.6. The van der Waals surface area contributed by atoms with Crippen LogP contribution in [0.1, 0.15) is 30.2 Å². The Morgan fingerprint density at radius 3 is 2.79 bits per heavy atom. The second-order valence-electron chi connectivity index (χ2n) is 6.47. The quantitative estimate of drug-likeness (QED) is 0.719. The SMILES string of the molecule is CCOC(=O)N1CCC(C(=O)Nc2ncc(Cc3cccc(Cl)c3Cl)s2)CC1. The number of aromatic nitrogens is 1. The molecule has 1 aliphatic rings. The fourth-order valence-corrected chi connectivity index (χ4v) is 4.29. The van der Waals surface area contributed by atoms with Crippen LogP contribution in [0.3, 0.4) is 0 Å². The van der Waals surface area contributed by atoms with Crippen molar-refractivity contribution < 1.29 is 14.3 Å². The standard InChI is InChI=1S/C19H21Cl2N3O3S/c1-2-27-19(26)24-8-6-12(7-9-24)17(25)23-18-22-11-14(28-18)10-13-4-3-5-15(20)16(13)21/h3-5,11-12H,2,6-10H2,1H3,(H,22,23,25). The summed E-state index contributed by atoms with van der Waals surface area (Å²) in [6.45, 7) is 3.17. The molecule has 28 heavy (non-hydrogen) atoms. The molecule has 0 aliphatic carbocycles. The van der Waals surface area contributed by atoms with Crippen LogP contribution in [0.4, 0.5) is 9.93 Å². The molecule has 0 atom stereocenters. The third-order valence-electron chi connectivity index (χ3n) is 4.57. The van der Waals surface area contributed by atoms with E-state index in [0.29, 0.717) is 54.1 Å². The predicted octanol–water partition coefficient (Wildman–Crippen LogP) is 4.85. The summed E-state index contributed by atoms with van der Waals surface area (Å²) < 4.78 is 5.00. The number of likely N-dealkylation sites (tertiary alicyclic amines) is 1. The van der Waals surface area contributed by atoms with Crippen LogP contribution in [0.25, 0.3) is 0 Å². The summed E-state index contributed by atoms with van der Waals surface area (Å²) in [7, 11) is 0. The maximum Gasteiger partial charge on any atom is 0.409 e. The van der Waals surface area contributed by atoms with E-state index in [2.05, 4.69) is 10.3 Å². The van der Waals surface area contributed by atoms with E-state index in [9.17, 15) is 9.59 Å². The number of halogens is 2. The second-order valence-corrected chi connectivity index (χ2v) is 8.37. The number of piperidine rings is 1. The Morgan fingerprint density at radius 2 is 2.07 bits per heavy atom. The number of rotatable bonds is 5. The van der Waals surface area contributed by atoms with E-state index in [1.807, 2.05) is 12.1 Å². The monoisotopic (exact) mass is 441 g/mol. The van der Waals surface area contributed by atoms with Gasteiger partial charge in [-0.15, -0.1) is 11.3 Å². The van der Waals surface area contributed by atoms with Crippen LogP contribution in [0.5, 0.6) is 0 Å². The van der Waals surface area contributed by atoms with Gasteiger partial charge in [-0.05, 0) is 31.4 Å². The highest BCUT2D eigenvalue weighted by molar-refractivity contribution is 7.15. The van der Waals surface area contributed by atoms with Crippen LogP contribution >= 0.6 is 34.5 Å². The first-order valence-electron chi connectivity index (χ1n) is 9.08. The molecule has 9 heteroatoms. The van der Waals surface area contributed by atoms with Crippen molar-refractivity contribution in [1.29, 1.82) is 0 Å². The van der Waals surface area contributed by atoms with E-state index < -0.39 is 0 Å². The highest BCUT2D eigenvalue weighted by atomic mass is 35.5. The van der Waals surface area contributed by atoms with Crippen LogP contribution < -0.4 is 5.32 Å². The molecular formula is C19H21Cl2N3O3S. The summed E-state index contributed by atoms with van der Waals surface area (Å²) >= 11 is 13.7. The smallest absolute Gasteiger partial charge is 0.409 e. The first kappa shape index (κ1) is 20.9. The highest BCUT2D eigenvalue weighted by Crippen LogP contribution is 2.30. The van der Waals surface area contributed by atoms with Crippen molar-refractivity contribution in [3.63, 3.8) is 0 Å². The summed E-state index contributed by atoms with van der Waals surface area (Å²) in [6, 6.07) is 5.53. The van der Waals surface area contributed by atoms with Crippen molar-refractivity contribution in [2.75, 3.05) is 25.0 Å². The lowest BCUT2D eigenvalue weighted by atomic mass is 9.96. The minimum Gasteiger partial charge on any atom is -0.450 e. The Morgan fingerprint density at radius 1 is 1.32 bits per heavy atom. The molecule has 2 amide bonds. The predicted molar refractivity (Wildman–Crippen MR) is 111 cm³/mol. The number of carbonyl (C=O) groups is 2. The molecule has 0 bridgehead atoms. The van der Waals surface area contributed by atoms with Crippen molar-refractivity contribution in [3.8, 4) is 0 Å². The molecule has 1 aliphatic heterocycles. The van der Waals surface area contributed by atoms with Gasteiger partial charge in [0.15, 0.2) is 5.13 Å². The van der Waals surface area contributed by atoms with Gasteiger partial charge in [0, 0.05) is 36.5 Å². The maximum atomic E-state index is 12.5. The zero-order valence-electron chi connectivity index (χ0n) is 15.4. The number of thiazole rings is 1. The molecule has 1 aromatic carbocycles. The number of nitrogens with zero attached hydrogens (tertiary/aromatic N) is 2. The molecule has 150 valence electrons. The fraction of sp³-hybridized carbons (Fsp3) is 0.421. The minimum atomic E-state index is -0.314. The lowest BCUT2D eigenvalue weighted by Gasteiger charge is -2.30. The average molecular weight is 442 g/mol. The van der Waals surface area contributed by atoms with Gasteiger partial charge in [-0.2, -0.15) is 0 Å². The summed E-state index contributed by atoms with van der Waals surface area (Å²) in [6.07, 6.45) is 3.25. The Hall–Kier alpha value is -1.83. The topological polar surface area (TPSA) is 71.5 Å². The van der Waals surface area contributed by atoms with Crippen LogP contribution in [-0.4, -0.2) is 41.6 Å². The van der Waals surface area contributed by atoms with Crippen molar-refractivity contribution in [2.24, 2.45) is 5.92 Å². The average Bonchev–Trinajstić information content (AvgIpc) is 3.12. The molecule has 1 fully saturated rings. The van der Waals surface area contributed by atoms with Gasteiger partial charge < -0.3 is 15.0 Å². The number of carbonyl (C=O) groups excluding carboxylic acids is 2. The number of hydrogen-bond donors (Lipinski definition) is 1. The molecule has 2 aromatic rings. The molecule has 0 spiro atoms. The number of amides is 2. The Bertz CT molecular complexity index is 851. The van der Waals surface area contributed by atoms with Gasteiger partial charge in [-0.25, -0.2) is 9.78 Å². The maximum absolute atomic E-state index is 12.5. The van der Waals surface area contributed by atoms with Crippen molar-refractivity contribution in [1.82, 2.24) is 9.88 Å². The van der Waals surface area contributed by atoms with Gasteiger partial charge >= 0.3 is 6.09 Å². The molecule has 1 aromatic heterocycles. The number of anilines is 1. The normalized spacial score (nSPS) is 14.8. The number of benzene rings is 1. The minimum absolute atomic E-state index is 0.0646. The molecule has 6 nitrogen and oxygen atoms in total. The van der Waals surface area contributed by atoms with Crippen molar-refractivity contribution >= 4 is 51.7 Å². The summed E-state index contributed by atoms with van der Waals surface area (Å²) in [5.74, 6) is -0.203. The van der Waals surface area contributed by atoms with Crippen molar-refractivity contribution in [2.45, 2.75) is 26.2 Å². The van der Waals surface area contributed by atoms with Crippen LogP contribution in [0, 0.1) is 5.92 Å². The van der Waals surface area contributed by atoms with E-state index in [4.69, 9.17) is 27.9 Å². The number of ether oxygens (including phenoxy) is 1. The van der Waals surface area contributed by atoms with E-state index in [0.717, 1.165) is 10.4 Å². The van der Waals surface area contributed by atoms with Crippen LogP contribution in [-0.2, 0) is 16.0 Å². The largest absolute Gasteiger partial charge is 0.450 e. The third-order valence-corrected chi connectivity index (χ3v) is 6.34. The van der Waals surface area contributed by atoms with Gasteiger partial charge in [0.05, 0.1) is 16.7 Å². The summed E-state index contributed by atoms with van der Waals surface area (Å²) in [5.41, 5.74) is 0.919. The van der Waals surface area contributed by atoms with Crippen LogP contribution in [0.15, 0.2) is 24.4 Å². The third kappa shape index (κ3) is 5.16. The molecule has 0 radical (unpaired) electrons. The number of nitrogens with one attached hydrogen (secondary N) is 1. The van der Waals surface area contributed by atoms with Gasteiger partial charge in [-0.3, -0.25) is 4.79 Å². The van der Waals surface area contributed by atoms with Gasteiger partial charge in [0.1, 0.15) is 0 Å². The summed E-state index contributed by atoms with van der Waals surface area (Å²) in [5, 5.41) is 4.51. The van der Waals surface area contributed by atoms with Crippen LogP contribution in [0.2, 0.25) is 10.0 Å². The zero-order valence-corrected chi connectivity index (χ0v) is 17.7.